The van der Waals surface area contributed by atoms with Gasteiger partial charge in [-0.15, -0.1) is 10.2 Å². The maximum Gasteiger partial charge on any atom is 0.234 e. The summed E-state index contributed by atoms with van der Waals surface area (Å²) in [7, 11) is 0. The zero-order chi connectivity index (χ0) is 21.6. The minimum atomic E-state index is -0.0841. The number of amides is 1. The van der Waals surface area contributed by atoms with Crippen LogP contribution in [-0.4, -0.2) is 31.4 Å². The van der Waals surface area contributed by atoms with Crippen LogP contribution >= 0.6 is 27.7 Å². The maximum absolute atomic E-state index is 12.6. The molecule has 6 nitrogen and oxygen atoms in total. The molecule has 1 amide bonds. The smallest absolute Gasteiger partial charge is 0.234 e. The Morgan fingerprint density at radius 1 is 1.06 bits per heavy atom. The second-order valence-corrected chi connectivity index (χ2v) is 8.57. The van der Waals surface area contributed by atoms with Crippen molar-refractivity contribution in [1.82, 2.24) is 19.7 Å². The van der Waals surface area contributed by atoms with Crippen LogP contribution in [0.2, 0.25) is 0 Å². The van der Waals surface area contributed by atoms with Crippen molar-refractivity contribution < 1.29 is 4.79 Å². The van der Waals surface area contributed by atoms with E-state index in [1.165, 1.54) is 11.8 Å². The third kappa shape index (κ3) is 5.03. The van der Waals surface area contributed by atoms with E-state index in [1.807, 2.05) is 65.2 Å². The van der Waals surface area contributed by atoms with Crippen molar-refractivity contribution in [2.45, 2.75) is 18.5 Å². The van der Waals surface area contributed by atoms with Crippen LogP contribution in [0.1, 0.15) is 12.5 Å². The zero-order valence-corrected chi connectivity index (χ0v) is 19.2. The fourth-order valence-corrected chi connectivity index (χ4v) is 4.15. The van der Waals surface area contributed by atoms with Gasteiger partial charge in [-0.3, -0.25) is 14.3 Å². The van der Waals surface area contributed by atoms with Crippen molar-refractivity contribution in [3.8, 4) is 17.1 Å². The van der Waals surface area contributed by atoms with Gasteiger partial charge >= 0.3 is 0 Å². The number of rotatable bonds is 7. The number of nitrogens with zero attached hydrogens (tertiary/aromatic N) is 4. The van der Waals surface area contributed by atoms with E-state index in [-0.39, 0.29) is 11.7 Å². The van der Waals surface area contributed by atoms with Gasteiger partial charge in [0, 0.05) is 33.8 Å². The monoisotopic (exact) mass is 493 g/mol. The van der Waals surface area contributed by atoms with Crippen LogP contribution in [0.5, 0.6) is 0 Å². The van der Waals surface area contributed by atoms with E-state index < -0.39 is 0 Å². The number of hydrogen-bond acceptors (Lipinski definition) is 5. The van der Waals surface area contributed by atoms with Crippen LogP contribution < -0.4 is 5.32 Å². The Kier molecular flexibility index (Phi) is 6.79. The molecule has 0 atom stereocenters. The highest BCUT2D eigenvalue weighted by Gasteiger charge is 2.17. The lowest BCUT2D eigenvalue weighted by molar-refractivity contribution is -0.113. The number of aryl methyl sites for hydroxylation is 1. The zero-order valence-electron chi connectivity index (χ0n) is 16.8. The standard InChI is InChI=1S/C23H20BrN5OS/c1-2-16-6-3-4-8-20(16)26-21(30)15-31-23-28-27-22(17-7-5-13-25-14-17)29(23)19-11-9-18(24)10-12-19/h3-14H,2,15H2,1H3,(H,26,30). The number of aromatic nitrogens is 4. The van der Waals surface area contributed by atoms with Crippen LogP contribution in [-0.2, 0) is 11.2 Å². The lowest BCUT2D eigenvalue weighted by atomic mass is 10.1. The molecule has 0 fully saturated rings. The first-order valence-corrected chi connectivity index (χ1v) is 11.6. The molecule has 31 heavy (non-hydrogen) atoms. The fraction of sp³-hybridized carbons (Fsp3) is 0.130. The second kappa shape index (κ2) is 9.89. The topological polar surface area (TPSA) is 72.7 Å². The van der Waals surface area contributed by atoms with Crippen molar-refractivity contribution >= 4 is 39.3 Å². The predicted octanol–water partition coefficient (Wildman–Crippen LogP) is 5.39. The van der Waals surface area contributed by atoms with Gasteiger partial charge in [-0.2, -0.15) is 0 Å². The van der Waals surface area contributed by atoms with E-state index >= 15 is 0 Å². The van der Waals surface area contributed by atoms with Gasteiger partial charge in [-0.1, -0.05) is 52.8 Å². The van der Waals surface area contributed by atoms with Crippen LogP contribution in [0.25, 0.3) is 17.1 Å². The summed E-state index contributed by atoms with van der Waals surface area (Å²) in [5.74, 6) is 0.813. The molecular formula is C23H20BrN5OS. The average molecular weight is 494 g/mol. The highest BCUT2D eigenvalue weighted by atomic mass is 79.9. The quantitative estimate of drug-likeness (QED) is 0.349. The van der Waals surface area contributed by atoms with Crippen LogP contribution in [0.4, 0.5) is 5.69 Å². The van der Waals surface area contributed by atoms with Gasteiger partial charge in [0.05, 0.1) is 5.75 Å². The Balaban J connectivity index is 1.59. The first kappa shape index (κ1) is 21.3. The molecule has 0 radical (unpaired) electrons. The number of hydrogen-bond donors (Lipinski definition) is 1. The maximum atomic E-state index is 12.6. The summed E-state index contributed by atoms with van der Waals surface area (Å²) < 4.78 is 2.93. The molecular weight excluding hydrogens is 474 g/mol. The number of anilines is 1. The predicted molar refractivity (Wildman–Crippen MR) is 127 cm³/mol. The number of halogens is 1. The summed E-state index contributed by atoms with van der Waals surface area (Å²) in [6.07, 6.45) is 4.33. The number of para-hydroxylation sites is 1. The largest absolute Gasteiger partial charge is 0.325 e. The molecule has 0 saturated carbocycles. The Morgan fingerprint density at radius 3 is 2.61 bits per heavy atom. The minimum Gasteiger partial charge on any atom is -0.325 e. The average Bonchev–Trinajstić information content (AvgIpc) is 3.23. The summed E-state index contributed by atoms with van der Waals surface area (Å²) in [4.78, 5) is 16.8. The SMILES string of the molecule is CCc1ccccc1NC(=O)CSc1nnc(-c2cccnc2)n1-c1ccc(Br)cc1. The van der Waals surface area contributed by atoms with E-state index in [0.717, 1.165) is 33.4 Å². The molecule has 8 heteroatoms. The normalized spacial score (nSPS) is 10.8. The molecule has 1 N–H and O–H groups in total. The molecule has 4 aromatic rings. The summed E-state index contributed by atoms with van der Waals surface area (Å²) >= 11 is 4.82. The van der Waals surface area contributed by atoms with Gasteiger partial charge in [0.2, 0.25) is 5.91 Å². The Morgan fingerprint density at radius 2 is 1.87 bits per heavy atom. The molecule has 0 spiro atoms. The highest BCUT2D eigenvalue weighted by Crippen LogP contribution is 2.28. The first-order chi connectivity index (χ1) is 15.2. The summed E-state index contributed by atoms with van der Waals surface area (Å²) in [6.45, 7) is 2.07. The van der Waals surface area contributed by atoms with Crippen LogP contribution in [0.15, 0.2) is 82.7 Å². The number of pyridine rings is 1. The minimum absolute atomic E-state index is 0.0841. The van der Waals surface area contributed by atoms with Gasteiger partial charge in [0.1, 0.15) is 0 Å². The molecule has 0 unspecified atom stereocenters. The summed E-state index contributed by atoms with van der Waals surface area (Å²) in [6, 6.07) is 19.5. The molecule has 0 aliphatic rings. The van der Waals surface area contributed by atoms with Crippen molar-refractivity contribution in [1.29, 1.82) is 0 Å². The van der Waals surface area contributed by atoms with Crippen molar-refractivity contribution in [2.75, 3.05) is 11.1 Å². The van der Waals surface area contributed by atoms with E-state index in [9.17, 15) is 4.79 Å². The number of nitrogens with one attached hydrogen (secondary N) is 1. The van der Waals surface area contributed by atoms with Crippen molar-refractivity contribution in [3.63, 3.8) is 0 Å². The van der Waals surface area contributed by atoms with Crippen molar-refractivity contribution in [3.05, 3.63) is 83.1 Å². The molecule has 0 aliphatic carbocycles. The van der Waals surface area contributed by atoms with Gasteiger partial charge in [-0.25, -0.2) is 0 Å². The molecule has 0 aliphatic heterocycles. The number of benzene rings is 2. The fourth-order valence-electron chi connectivity index (χ4n) is 3.14. The van der Waals surface area contributed by atoms with E-state index in [0.29, 0.717) is 11.0 Å². The highest BCUT2D eigenvalue weighted by molar-refractivity contribution is 9.10. The van der Waals surface area contributed by atoms with Gasteiger partial charge in [-0.05, 0) is 54.4 Å². The molecule has 0 bridgehead atoms. The summed E-state index contributed by atoms with van der Waals surface area (Å²) in [5, 5.41) is 12.4. The lowest BCUT2D eigenvalue weighted by Gasteiger charge is -2.11. The van der Waals surface area contributed by atoms with E-state index in [4.69, 9.17) is 0 Å². The summed E-state index contributed by atoms with van der Waals surface area (Å²) in [5.41, 5.74) is 3.72. The Hall–Kier alpha value is -2.97. The molecule has 2 heterocycles. The number of thioether (sulfide) groups is 1. The van der Waals surface area contributed by atoms with Gasteiger partial charge in [0.25, 0.3) is 0 Å². The van der Waals surface area contributed by atoms with Gasteiger partial charge in [0.15, 0.2) is 11.0 Å². The second-order valence-electron chi connectivity index (χ2n) is 6.71. The molecule has 2 aromatic carbocycles. The number of carbonyl (C=O) groups is 1. The molecule has 4 rings (SSSR count). The molecule has 2 aromatic heterocycles. The van der Waals surface area contributed by atoms with Crippen LogP contribution in [0.3, 0.4) is 0 Å². The Bertz CT molecular complexity index is 1180. The molecule has 156 valence electrons. The third-order valence-electron chi connectivity index (χ3n) is 4.64. The van der Waals surface area contributed by atoms with Crippen molar-refractivity contribution in [2.24, 2.45) is 0 Å². The lowest BCUT2D eigenvalue weighted by Crippen LogP contribution is -2.15. The molecule has 0 saturated heterocycles. The van der Waals surface area contributed by atoms with E-state index in [2.05, 4.69) is 43.4 Å². The first-order valence-electron chi connectivity index (χ1n) is 9.78. The van der Waals surface area contributed by atoms with E-state index in [1.54, 1.807) is 12.4 Å². The van der Waals surface area contributed by atoms with Crippen LogP contribution in [0, 0.1) is 0 Å². The number of carbonyl (C=O) groups excluding carboxylic acids is 1. The third-order valence-corrected chi connectivity index (χ3v) is 6.10. The van der Waals surface area contributed by atoms with Gasteiger partial charge < -0.3 is 5.32 Å². The Labute approximate surface area is 193 Å².